The van der Waals surface area contributed by atoms with Crippen LogP contribution in [0, 0.1) is 6.92 Å². The molecule has 0 atom stereocenters. The zero-order valence-electron chi connectivity index (χ0n) is 12.0. The highest BCUT2D eigenvalue weighted by molar-refractivity contribution is 5.90. The van der Waals surface area contributed by atoms with Crippen LogP contribution in [0.25, 0.3) is 0 Å². The smallest absolute Gasteiger partial charge is 0.227 e. The molecule has 0 bridgehead atoms. The minimum Gasteiger partial charge on any atom is -0.493 e. The lowest BCUT2D eigenvalue weighted by Gasteiger charge is -2.08. The number of aryl methyl sites for hydroxylation is 1. The molecule has 0 spiro atoms. The molecule has 0 aliphatic heterocycles. The van der Waals surface area contributed by atoms with E-state index in [0.29, 0.717) is 12.3 Å². The number of amides is 1. The van der Waals surface area contributed by atoms with Gasteiger partial charge in [0.25, 0.3) is 0 Å². The van der Waals surface area contributed by atoms with E-state index in [1.54, 1.807) is 24.3 Å². The number of ether oxygens (including phenoxy) is 1. The monoisotopic (exact) mass is 285 g/mol. The van der Waals surface area contributed by atoms with Crippen molar-refractivity contribution in [1.82, 2.24) is 0 Å². The van der Waals surface area contributed by atoms with E-state index in [2.05, 4.69) is 5.32 Å². The minimum absolute atomic E-state index is 0.0415. The maximum absolute atomic E-state index is 11.8. The summed E-state index contributed by atoms with van der Waals surface area (Å²) in [5.41, 5.74) is 2.57. The van der Waals surface area contributed by atoms with E-state index in [0.717, 1.165) is 16.9 Å². The second kappa shape index (κ2) is 7.45. The fourth-order valence-corrected chi connectivity index (χ4v) is 1.94. The van der Waals surface area contributed by atoms with E-state index in [1.807, 2.05) is 31.2 Å². The zero-order chi connectivity index (χ0) is 15.1. The SMILES string of the molecule is Cc1cccc(OCCC(=O)Nc2cccc(CO)c2)c1. The van der Waals surface area contributed by atoms with E-state index >= 15 is 0 Å². The van der Waals surface area contributed by atoms with Crippen LogP contribution >= 0.6 is 0 Å². The van der Waals surface area contributed by atoms with Gasteiger partial charge in [-0.05, 0) is 42.3 Å². The van der Waals surface area contributed by atoms with Gasteiger partial charge in [-0.2, -0.15) is 0 Å². The Kier molecular flexibility index (Phi) is 5.35. The van der Waals surface area contributed by atoms with E-state index in [4.69, 9.17) is 9.84 Å². The largest absolute Gasteiger partial charge is 0.493 e. The lowest BCUT2D eigenvalue weighted by atomic mass is 10.2. The van der Waals surface area contributed by atoms with Crippen molar-refractivity contribution in [2.45, 2.75) is 20.0 Å². The van der Waals surface area contributed by atoms with Crippen LogP contribution in [0.5, 0.6) is 5.75 Å². The third-order valence-corrected chi connectivity index (χ3v) is 2.98. The van der Waals surface area contributed by atoms with Crippen molar-refractivity contribution in [2.24, 2.45) is 0 Å². The standard InChI is InChI=1S/C17H19NO3/c1-13-4-2-7-16(10-13)21-9-8-17(20)18-15-6-3-5-14(11-15)12-19/h2-7,10-11,19H,8-9,12H2,1H3,(H,18,20). The van der Waals surface area contributed by atoms with Crippen molar-refractivity contribution in [2.75, 3.05) is 11.9 Å². The van der Waals surface area contributed by atoms with Gasteiger partial charge in [0, 0.05) is 5.69 Å². The summed E-state index contributed by atoms with van der Waals surface area (Å²) in [5.74, 6) is 0.655. The number of carbonyl (C=O) groups excluding carboxylic acids is 1. The van der Waals surface area contributed by atoms with Gasteiger partial charge in [0.05, 0.1) is 19.6 Å². The molecule has 1 amide bonds. The van der Waals surface area contributed by atoms with Crippen molar-refractivity contribution in [3.05, 3.63) is 59.7 Å². The van der Waals surface area contributed by atoms with E-state index in [1.165, 1.54) is 0 Å². The Morgan fingerprint density at radius 2 is 2.00 bits per heavy atom. The molecule has 0 saturated heterocycles. The van der Waals surface area contributed by atoms with Crippen molar-refractivity contribution in [1.29, 1.82) is 0 Å². The molecule has 21 heavy (non-hydrogen) atoms. The van der Waals surface area contributed by atoms with Gasteiger partial charge in [-0.15, -0.1) is 0 Å². The molecule has 0 radical (unpaired) electrons. The number of rotatable bonds is 6. The average Bonchev–Trinajstić information content (AvgIpc) is 2.47. The fraction of sp³-hybridized carbons (Fsp3) is 0.235. The third-order valence-electron chi connectivity index (χ3n) is 2.98. The summed E-state index contributed by atoms with van der Waals surface area (Å²) in [6.45, 7) is 2.28. The summed E-state index contributed by atoms with van der Waals surface area (Å²) in [5, 5.41) is 11.8. The van der Waals surface area contributed by atoms with Crippen LogP contribution in [0.1, 0.15) is 17.5 Å². The molecule has 0 heterocycles. The maximum Gasteiger partial charge on any atom is 0.227 e. The second-order valence-electron chi connectivity index (χ2n) is 4.82. The van der Waals surface area contributed by atoms with Gasteiger partial charge in [-0.3, -0.25) is 4.79 Å². The summed E-state index contributed by atoms with van der Waals surface area (Å²) in [7, 11) is 0. The number of aliphatic hydroxyl groups is 1. The van der Waals surface area contributed by atoms with Crippen LogP contribution in [0.15, 0.2) is 48.5 Å². The molecule has 0 unspecified atom stereocenters. The lowest BCUT2D eigenvalue weighted by Crippen LogP contribution is -2.15. The minimum atomic E-state index is -0.113. The number of carbonyl (C=O) groups is 1. The Balaban J connectivity index is 1.79. The van der Waals surface area contributed by atoms with Crippen molar-refractivity contribution in [3.63, 3.8) is 0 Å². The topological polar surface area (TPSA) is 58.6 Å². The van der Waals surface area contributed by atoms with Gasteiger partial charge >= 0.3 is 0 Å². The highest BCUT2D eigenvalue weighted by Gasteiger charge is 2.04. The fourth-order valence-electron chi connectivity index (χ4n) is 1.94. The molecule has 4 nitrogen and oxygen atoms in total. The van der Waals surface area contributed by atoms with Crippen molar-refractivity contribution in [3.8, 4) is 5.75 Å². The third kappa shape index (κ3) is 4.93. The Morgan fingerprint density at radius 1 is 1.19 bits per heavy atom. The molecular formula is C17H19NO3. The normalized spacial score (nSPS) is 10.2. The van der Waals surface area contributed by atoms with E-state index in [9.17, 15) is 4.79 Å². The van der Waals surface area contributed by atoms with Crippen LogP contribution in [-0.4, -0.2) is 17.6 Å². The summed E-state index contributed by atoms with van der Waals surface area (Å²) >= 11 is 0. The Morgan fingerprint density at radius 3 is 2.76 bits per heavy atom. The number of hydrogen-bond donors (Lipinski definition) is 2. The summed E-state index contributed by atoms with van der Waals surface area (Å²) < 4.78 is 5.54. The van der Waals surface area contributed by atoms with Crippen LogP contribution in [0.4, 0.5) is 5.69 Å². The first kappa shape index (κ1) is 15.1. The average molecular weight is 285 g/mol. The summed E-state index contributed by atoms with van der Waals surface area (Å²) in [4.78, 5) is 11.8. The molecule has 0 fully saturated rings. The number of hydrogen-bond acceptors (Lipinski definition) is 3. The van der Waals surface area contributed by atoms with Gasteiger partial charge in [-0.25, -0.2) is 0 Å². The first-order valence-corrected chi connectivity index (χ1v) is 6.86. The van der Waals surface area contributed by atoms with E-state index in [-0.39, 0.29) is 18.9 Å². The predicted octanol–water partition coefficient (Wildman–Crippen LogP) is 2.89. The molecule has 110 valence electrons. The van der Waals surface area contributed by atoms with Crippen LogP contribution in [0.2, 0.25) is 0 Å². The highest BCUT2D eigenvalue weighted by atomic mass is 16.5. The first-order valence-electron chi connectivity index (χ1n) is 6.86. The molecular weight excluding hydrogens is 266 g/mol. The van der Waals surface area contributed by atoms with Crippen LogP contribution in [-0.2, 0) is 11.4 Å². The number of nitrogens with one attached hydrogen (secondary N) is 1. The Bertz CT molecular complexity index is 610. The molecule has 0 saturated carbocycles. The van der Waals surface area contributed by atoms with E-state index < -0.39 is 0 Å². The predicted molar refractivity (Wildman–Crippen MR) is 82.3 cm³/mol. The summed E-state index contributed by atoms with van der Waals surface area (Å²) in [6, 6.07) is 14.9. The number of aliphatic hydroxyl groups excluding tert-OH is 1. The van der Waals surface area contributed by atoms with Crippen molar-refractivity contribution < 1.29 is 14.6 Å². The van der Waals surface area contributed by atoms with Gasteiger partial charge in [0.2, 0.25) is 5.91 Å². The zero-order valence-corrected chi connectivity index (χ0v) is 12.0. The second-order valence-corrected chi connectivity index (χ2v) is 4.82. The van der Waals surface area contributed by atoms with Gasteiger partial charge < -0.3 is 15.2 Å². The summed E-state index contributed by atoms with van der Waals surface area (Å²) in [6.07, 6.45) is 0.275. The van der Waals surface area contributed by atoms with Gasteiger partial charge in [-0.1, -0.05) is 24.3 Å². The quantitative estimate of drug-likeness (QED) is 0.858. The van der Waals surface area contributed by atoms with Crippen LogP contribution in [0.3, 0.4) is 0 Å². The molecule has 2 aromatic carbocycles. The molecule has 0 aliphatic rings. The van der Waals surface area contributed by atoms with Crippen LogP contribution < -0.4 is 10.1 Å². The molecule has 0 aliphatic carbocycles. The first-order chi connectivity index (χ1) is 10.2. The molecule has 4 heteroatoms. The molecule has 2 rings (SSSR count). The maximum atomic E-state index is 11.8. The van der Waals surface area contributed by atoms with Crippen molar-refractivity contribution >= 4 is 11.6 Å². The molecule has 2 N–H and O–H groups in total. The number of anilines is 1. The highest BCUT2D eigenvalue weighted by Crippen LogP contribution is 2.13. The Labute approximate surface area is 124 Å². The lowest BCUT2D eigenvalue weighted by molar-refractivity contribution is -0.116. The van der Waals surface area contributed by atoms with Gasteiger partial charge in [0.1, 0.15) is 5.75 Å². The van der Waals surface area contributed by atoms with Gasteiger partial charge in [0.15, 0.2) is 0 Å². The Hall–Kier alpha value is -2.33. The molecule has 2 aromatic rings. The molecule has 0 aromatic heterocycles. The number of benzene rings is 2.